The first-order valence-electron chi connectivity index (χ1n) is 9.51. The molecule has 2 aromatic carbocycles. The molecule has 0 spiro atoms. The molecule has 1 aliphatic heterocycles. The lowest BCUT2D eigenvalue weighted by molar-refractivity contribution is -0.255. The zero-order valence-electron chi connectivity index (χ0n) is 16.1. The number of carboxylic acid groups (broad SMARTS) is 1. The van der Waals surface area contributed by atoms with Gasteiger partial charge >= 0.3 is 0 Å². The molecule has 1 aliphatic rings. The summed E-state index contributed by atoms with van der Waals surface area (Å²) in [4.78, 5) is 51.8. The standard InChI is InChI=1S/C22H22N2O5/c1-2-3-4-12-19(25)23(16-9-7-8-15(13-16)22(28)29)14-24-20(26)17-10-5-6-11-18(17)21(24)27/h5-11,13H,2-4,12,14H2,1H3,(H,28,29)/p-1. The molecule has 0 aliphatic carbocycles. The number of fused-ring (bicyclic) bond motifs is 1. The Balaban J connectivity index is 1.91. The summed E-state index contributed by atoms with van der Waals surface area (Å²) in [6.45, 7) is 1.73. The highest BCUT2D eigenvalue weighted by Crippen LogP contribution is 2.25. The van der Waals surface area contributed by atoms with Crippen molar-refractivity contribution in [2.24, 2.45) is 0 Å². The monoisotopic (exact) mass is 393 g/mol. The minimum absolute atomic E-state index is 0.0868. The van der Waals surface area contributed by atoms with E-state index in [9.17, 15) is 24.3 Å². The van der Waals surface area contributed by atoms with Gasteiger partial charge in [-0.1, -0.05) is 44.0 Å². The fourth-order valence-corrected chi connectivity index (χ4v) is 3.28. The van der Waals surface area contributed by atoms with Crippen molar-refractivity contribution in [2.75, 3.05) is 11.6 Å². The van der Waals surface area contributed by atoms with Gasteiger partial charge in [-0.25, -0.2) is 0 Å². The van der Waals surface area contributed by atoms with Crippen LogP contribution in [0.25, 0.3) is 0 Å². The number of hydrogen-bond acceptors (Lipinski definition) is 5. The molecule has 0 N–H and O–H groups in total. The Morgan fingerprint density at radius 2 is 1.62 bits per heavy atom. The molecule has 0 unspecified atom stereocenters. The molecule has 0 saturated carbocycles. The smallest absolute Gasteiger partial charge is 0.263 e. The molecule has 150 valence electrons. The van der Waals surface area contributed by atoms with Gasteiger partial charge in [-0.2, -0.15) is 0 Å². The molecule has 29 heavy (non-hydrogen) atoms. The highest BCUT2D eigenvalue weighted by atomic mass is 16.4. The molecule has 0 saturated heterocycles. The number of carbonyl (C=O) groups excluding carboxylic acids is 4. The Bertz CT molecular complexity index is 934. The van der Waals surface area contributed by atoms with Crippen molar-refractivity contribution in [1.29, 1.82) is 0 Å². The predicted octanol–water partition coefficient (Wildman–Crippen LogP) is 2.22. The second-order valence-corrected chi connectivity index (χ2v) is 6.84. The van der Waals surface area contributed by atoms with E-state index in [0.717, 1.165) is 17.7 Å². The van der Waals surface area contributed by atoms with Crippen molar-refractivity contribution in [3.63, 3.8) is 0 Å². The number of benzene rings is 2. The van der Waals surface area contributed by atoms with Crippen LogP contribution in [-0.4, -0.2) is 35.3 Å². The Labute approximate surface area is 168 Å². The van der Waals surface area contributed by atoms with E-state index in [-0.39, 0.29) is 24.6 Å². The molecule has 2 aromatic rings. The van der Waals surface area contributed by atoms with Crippen LogP contribution in [0, 0.1) is 0 Å². The Hall–Kier alpha value is -3.48. The van der Waals surface area contributed by atoms with Gasteiger partial charge in [0.1, 0.15) is 6.67 Å². The van der Waals surface area contributed by atoms with Crippen LogP contribution in [0.3, 0.4) is 0 Å². The highest BCUT2D eigenvalue weighted by Gasteiger charge is 2.37. The highest BCUT2D eigenvalue weighted by molar-refractivity contribution is 6.21. The zero-order valence-corrected chi connectivity index (χ0v) is 16.1. The van der Waals surface area contributed by atoms with E-state index in [0.29, 0.717) is 23.2 Å². The van der Waals surface area contributed by atoms with Crippen LogP contribution in [0.1, 0.15) is 63.7 Å². The Morgan fingerprint density at radius 3 is 2.21 bits per heavy atom. The molecule has 0 fully saturated rings. The number of rotatable bonds is 8. The topological polar surface area (TPSA) is 97.8 Å². The number of hydrogen-bond donors (Lipinski definition) is 0. The maximum atomic E-state index is 12.9. The van der Waals surface area contributed by atoms with Gasteiger partial charge in [0.25, 0.3) is 11.8 Å². The van der Waals surface area contributed by atoms with Crippen molar-refractivity contribution in [2.45, 2.75) is 32.6 Å². The number of nitrogens with zero attached hydrogens (tertiary/aromatic N) is 2. The van der Waals surface area contributed by atoms with E-state index in [2.05, 4.69) is 0 Å². The average molecular weight is 393 g/mol. The van der Waals surface area contributed by atoms with E-state index in [4.69, 9.17) is 0 Å². The lowest BCUT2D eigenvalue weighted by Gasteiger charge is -2.27. The van der Waals surface area contributed by atoms with Crippen molar-refractivity contribution in [3.05, 3.63) is 65.2 Å². The minimum Gasteiger partial charge on any atom is -0.545 e. The van der Waals surface area contributed by atoms with E-state index < -0.39 is 17.8 Å². The molecule has 7 heteroatoms. The van der Waals surface area contributed by atoms with Crippen molar-refractivity contribution in [3.8, 4) is 0 Å². The zero-order chi connectivity index (χ0) is 21.0. The van der Waals surface area contributed by atoms with E-state index >= 15 is 0 Å². The predicted molar refractivity (Wildman–Crippen MR) is 104 cm³/mol. The van der Waals surface area contributed by atoms with Crippen molar-refractivity contribution < 1.29 is 24.3 Å². The Kier molecular flexibility index (Phi) is 6.07. The van der Waals surface area contributed by atoms with Gasteiger partial charge < -0.3 is 9.90 Å². The molecule has 1 heterocycles. The van der Waals surface area contributed by atoms with Crippen LogP contribution in [-0.2, 0) is 4.79 Å². The Morgan fingerprint density at radius 1 is 0.966 bits per heavy atom. The van der Waals surface area contributed by atoms with E-state index in [1.54, 1.807) is 30.3 Å². The second kappa shape index (κ2) is 8.68. The lowest BCUT2D eigenvalue weighted by Crippen LogP contribution is -2.44. The quantitative estimate of drug-likeness (QED) is 0.506. The summed E-state index contributed by atoms with van der Waals surface area (Å²) in [5.74, 6) is -2.61. The van der Waals surface area contributed by atoms with E-state index in [1.165, 1.54) is 23.1 Å². The van der Waals surface area contributed by atoms with Gasteiger partial charge in [0.15, 0.2) is 0 Å². The largest absolute Gasteiger partial charge is 0.545 e. The molecule has 3 amide bonds. The minimum atomic E-state index is -1.37. The molecule has 0 bridgehead atoms. The van der Waals surface area contributed by atoms with Gasteiger partial charge in [0.05, 0.1) is 17.1 Å². The number of imide groups is 1. The molecule has 7 nitrogen and oxygen atoms in total. The number of carboxylic acids is 1. The second-order valence-electron chi connectivity index (χ2n) is 6.84. The third kappa shape index (κ3) is 4.18. The molecular weight excluding hydrogens is 372 g/mol. The fraction of sp³-hybridized carbons (Fsp3) is 0.273. The molecular formula is C22H21N2O5-. The first-order valence-corrected chi connectivity index (χ1v) is 9.51. The van der Waals surface area contributed by atoms with Crippen molar-refractivity contribution >= 4 is 29.4 Å². The van der Waals surface area contributed by atoms with Gasteiger partial charge in [-0.15, -0.1) is 0 Å². The van der Waals surface area contributed by atoms with Crippen LogP contribution >= 0.6 is 0 Å². The summed E-state index contributed by atoms with van der Waals surface area (Å²) < 4.78 is 0. The molecule has 0 radical (unpaired) electrons. The number of anilines is 1. The number of amides is 3. The molecule has 3 rings (SSSR count). The van der Waals surface area contributed by atoms with Gasteiger partial charge in [-0.05, 0) is 36.2 Å². The molecule has 0 aromatic heterocycles. The third-order valence-corrected chi connectivity index (χ3v) is 4.85. The molecule has 0 atom stereocenters. The summed E-state index contributed by atoms with van der Waals surface area (Å²) >= 11 is 0. The summed E-state index contributed by atoms with van der Waals surface area (Å²) in [5, 5.41) is 11.2. The van der Waals surface area contributed by atoms with Crippen LogP contribution in [0.2, 0.25) is 0 Å². The summed E-state index contributed by atoms with van der Waals surface area (Å²) in [6.07, 6.45) is 2.69. The van der Waals surface area contributed by atoms with Crippen molar-refractivity contribution in [1.82, 2.24) is 4.90 Å². The SMILES string of the molecule is CCCCCC(=O)N(CN1C(=O)c2ccccc2C1=O)c1cccc(C(=O)[O-])c1. The summed E-state index contributed by atoms with van der Waals surface area (Å²) in [6, 6.07) is 12.2. The number of aromatic carboxylic acids is 1. The number of unbranched alkanes of at least 4 members (excludes halogenated alkanes) is 2. The lowest BCUT2D eigenvalue weighted by atomic mass is 10.1. The summed E-state index contributed by atoms with van der Waals surface area (Å²) in [5.41, 5.74) is 0.791. The normalized spacial score (nSPS) is 12.8. The summed E-state index contributed by atoms with van der Waals surface area (Å²) in [7, 11) is 0. The van der Waals surface area contributed by atoms with E-state index in [1.807, 2.05) is 6.92 Å². The average Bonchev–Trinajstić information content (AvgIpc) is 2.97. The maximum absolute atomic E-state index is 12.9. The first kappa shape index (κ1) is 20.3. The number of carbonyl (C=O) groups is 4. The fourth-order valence-electron chi connectivity index (χ4n) is 3.28. The van der Waals surface area contributed by atoms with Crippen LogP contribution in [0.4, 0.5) is 5.69 Å². The van der Waals surface area contributed by atoms with Gasteiger partial charge in [0.2, 0.25) is 5.91 Å². The first-order chi connectivity index (χ1) is 13.9. The van der Waals surface area contributed by atoms with Crippen LogP contribution in [0.5, 0.6) is 0 Å². The third-order valence-electron chi connectivity index (χ3n) is 4.85. The van der Waals surface area contributed by atoms with Gasteiger partial charge in [0, 0.05) is 12.1 Å². The maximum Gasteiger partial charge on any atom is 0.263 e. The van der Waals surface area contributed by atoms with Crippen LogP contribution < -0.4 is 10.0 Å². The van der Waals surface area contributed by atoms with Gasteiger partial charge in [-0.3, -0.25) is 24.2 Å². The van der Waals surface area contributed by atoms with Crippen LogP contribution in [0.15, 0.2) is 48.5 Å².